The van der Waals surface area contributed by atoms with Crippen LogP contribution in [0.3, 0.4) is 0 Å². The molecular weight excluding hydrogens is 234 g/mol. The van der Waals surface area contributed by atoms with Crippen molar-refractivity contribution in [2.24, 2.45) is 0 Å². The van der Waals surface area contributed by atoms with Crippen LogP contribution in [0.5, 0.6) is 5.75 Å². The lowest BCUT2D eigenvalue weighted by Gasteiger charge is -2.23. The van der Waals surface area contributed by atoms with Gasteiger partial charge in [-0.25, -0.2) is 0 Å². The molecule has 1 atom stereocenters. The van der Waals surface area contributed by atoms with Crippen LogP contribution in [0.25, 0.3) is 0 Å². The third kappa shape index (κ3) is 3.11. The Labute approximate surface area is 106 Å². The van der Waals surface area contributed by atoms with Gasteiger partial charge < -0.3 is 18.8 Å². The van der Waals surface area contributed by atoms with Crippen LogP contribution in [0.15, 0.2) is 16.9 Å². The van der Waals surface area contributed by atoms with E-state index < -0.39 is 0 Å². The molecule has 100 valence electrons. The van der Waals surface area contributed by atoms with E-state index in [1.54, 1.807) is 4.57 Å². The predicted octanol–water partition coefficient (Wildman–Crippen LogP) is 0.971. The smallest absolute Gasteiger partial charge is 0.254 e. The van der Waals surface area contributed by atoms with E-state index in [2.05, 4.69) is 0 Å². The van der Waals surface area contributed by atoms with E-state index in [9.17, 15) is 4.79 Å². The van der Waals surface area contributed by atoms with Crippen molar-refractivity contribution in [1.82, 2.24) is 4.57 Å². The van der Waals surface area contributed by atoms with E-state index in [0.29, 0.717) is 38.7 Å². The highest BCUT2D eigenvalue weighted by atomic mass is 16.6. The lowest BCUT2D eigenvalue weighted by molar-refractivity contribution is -0.101. The number of rotatable bonds is 4. The molecule has 1 aliphatic rings. The molecule has 0 saturated carbocycles. The minimum absolute atomic E-state index is 0.0340. The first kappa shape index (κ1) is 13.1. The third-order valence-electron chi connectivity index (χ3n) is 2.95. The van der Waals surface area contributed by atoms with Gasteiger partial charge in [-0.2, -0.15) is 0 Å². The van der Waals surface area contributed by atoms with E-state index in [0.717, 1.165) is 5.69 Å². The van der Waals surface area contributed by atoms with E-state index in [1.807, 2.05) is 19.9 Å². The fraction of sp³-hybridized carbons (Fsp3) is 0.615. The van der Waals surface area contributed by atoms with Crippen LogP contribution in [0.4, 0.5) is 0 Å². The molecule has 1 aliphatic heterocycles. The van der Waals surface area contributed by atoms with Gasteiger partial charge in [0.2, 0.25) is 0 Å². The maximum atomic E-state index is 11.8. The Kier molecular flexibility index (Phi) is 4.38. The summed E-state index contributed by atoms with van der Waals surface area (Å²) in [5, 5.41) is 0. The first-order valence-electron chi connectivity index (χ1n) is 6.24. The normalized spacial score (nSPS) is 19.8. The van der Waals surface area contributed by atoms with Crippen molar-refractivity contribution in [2.75, 3.05) is 26.4 Å². The van der Waals surface area contributed by atoms with Gasteiger partial charge >= 0.3 is 0 Å². The molecule has 1 aromatic heterocycles. The Morgan fingerprint density at radius 2 is 2.28 bits per heavy atom. The van der Waals surface area contributed by atoms with Crippen LogP contribution in [-0.2, 0) is 16.0 Å². The highest BCUT2D eigenvalue weighted by Gasteiger charge is 2.15. The molecule has 1 saturated heterocycles. The van der Waals surface area contributed by atoms with Gasteiger partial charge in [0.1, 0.15) is 18.5 Å². The van der Waals surface area contributed by atoms with Crippen LogP contribution in [-0.4, -0.2) is 37.1 Å². The Morgan fingerprint density at radius 3 is 2.89 bits per heavy atom. The molecule has 0 bridgehead atoms. The number of hydrogen-bond donors (Lipinski definition) is 0. The average Bonchev–Trinajstić information content (AvgIpc) is 2.37. The van der Waals surface area contributed by atoms with Crippen LogP contribution in [0.2, 0.25) is 0 Å². The first-order chi connectivity index (χ1) is 8.70. The second-order valence-corrected chi connectivity index (χ2v) is 4.29. The van der Waals surface area contributed by atoms with Crippen molar-refractivity contribution in [1.29, 1.82) is 0 Å². The molecular formula is C13H19NO4. The highest BCUT2D eigenvalue weighted by Crippen LogP contribution is 2.11. The van der Waals surface area contributed by atoms with Crippen LogP contribution in [0, 0.1) is 6.92 Å². The number of aromatic nitrogens is 1. The van der Waals surface area contributed by atoms with Gasteiger partial charge in [-0.15, -0.1) is 0 Å². The number of ether oxygens (including phenoxy) is 3. The van der Waals surface area contributed by atoms with Crippen molar-refractivity contribution < 1.29 is 14.2 Å². The van der Waals surface area contributed by atoms with Crippen molar-refractivity contribution >= 4 is 0 Å². The van der Waals surface area contributed by atoms with Gasteiger partial charge in [0.25, 0.3) is 5.56 Å². The molecule has 1 fully saturated rings. The summed E-state index contributed by atoms with van der Waals surface area (Å²) in [4.78, 5) is 11.8. The second kappa shape index (κ2) is 6.02. The molecule has 1 aromatic rings. The van der Waals surface area contributed by atoms with Gasteiger partial charge in [0, 0.05) is 18.3 Å². The molecule has 2 heterocycles. The minimum Gasteiger partial charge on any atom is -0.491 e. The summed E-state index contributed by atoms with van der Waals surface area (Å²) in [7, 11) is 0. The molecule has 0 amide bonds. The molecule has 1 unspecified atom stereocenters. The summed E-state index contributed by atoms with van der Waals surface area (Å²) in [5.74, 6) is 0.594. The van der Waals surface area contributed by atoms with Gasteiger partial charge in [-0.3, -0.25) is 4.79 Å². The van der Waals surface area contributed by atoms with Crippen molar-refractivity contribution in [3.05, 3.63) is 28.2 Å². The average molecular weight is 253 g/mol. The number of nitrogens with zero attached hydrogens (tertiary/aromatic N) is 1. The standard InChI is InChI=1S/C13H19NO4/c1-3-14-10(2)6-11(7-13(14)15)18-9-12-8-16-4-5-17-12/h6-7,12H,3-5,8-9H2,1-2H3. The molecule has 5 nitrogen and oxygen atoms in total. The first-order valence-corrected chi connectivity index (χ1v) is 6.24. The number of hydrogen-bond acceptors (Lipinski definition) is 4. The van der Waals surface area contributed by atoms with E-state index >= 15 is 0 Å². The van der Waals surface area contributed by atoms with Gasteiger partial charge in [-0.05, 0) is 19.9 Å². The van der Waals surface area contributed by atoms with E-state index in [1.165, 1.54) is 6.07 Å². The lowest BCUT2D eigenvalue weighted by Crippen LogP contribution is -2.33. The summed E-state index contributed by atoms with van der Waals surface area (Å²) in [6.07, 6.45) is -0.0485. The van der Waals surface area contributed by atoms with E-state index in [-0.39, 0.29) is 11.7 Å². The Morgan fingerprint density at radius 1 is 1.44 bits per heavy atom. The van der Waals surface area contributed by atoms with E-state index in [4.69, 9.17) is 14.2 Å². The zero-order chi connectivity index (χ0) is 13.0. The topological polar surface area (TPSA) is 49.7 Å². The van der Waals surface area contributed by atoms with Crippen LogP contribution >= 0.6 is 0 Å². The number of aryl methyl sites for hydroxylation is 1. The monoisotopic (exact) mass is 253 g/mol. The zero-order valence-corrected chi connectivity index (χ0v) is 10.8. The zero-order valence-electron chi connectivity index (χ0n) is 10.8. The summed E-state index contributed by atoms with van der Waals surface area (Å²) < 4.78 is 18.0. The molecule has 5 heteroatoms. The molecule has 2 rings (SSSR count). The molecule has 0 aliphatic carbocycles. The summed E-state index contributed by atoms with van der Waals surface area (Å²) in [6.45, 7) is 6.72. The Balaban J connectivity index is 1.99. The maximum Gasteiger partial charge on any atom is 0.254 e. The SMILES string of the molecule is CCn1c(C)cc(OCC2COCCO2)cc1=O. The minimum atomic E-state index is -0.0485. The van der Waals surface area contributed by atoms with Crippen LogP contribution < -0.4 is 10.3 Å². The maximum absolute atomic E-state index is 11.8. The van der Waals surface area contributed by atoms with Crippen molar-refractivity contribution in [2.45, 2.75) is 26.5 Å². The molecule has 0 N–H and O–H groups in total. The van der Waals surface area contributed by atoms with Crippen LogP contribution in [0.1, 0.15) is 12.6 Å². The molecule has 18 heavy (non-hydrogen) atoms. The molecule has 0 radical (unpaired) electrons. The number of pyridine rings is 1. The summed E-state index contributed by atoms with van der Waals surface area (Å²) >= 11 is 0. The molecule has 0 aromatic carbocycles. The summed E-state index contributed by atoms with van der Waals surface area (Å²) in [6, 6.07) is 3.38. The van der Waals surface area contributed by atoms with Gasteiger partial charge in [-0.1, -0.05) is 0 Å². The molecule has 0 spiro atoms. The van der Waals surface area contributed by atoms with Crippen molar-refractivity contribution in [3.8, 4) is 5.75 Å². The summed E-state index contributed by atoms with van der Waals surface area (Å²) in [5.41, 5.74) is 0.870. The highest BCUT2D eigenvalue weighted by molar-refractivity contribution is 5.23. The quantitative estimate of drug-likeness (QED) is 0.802. The van der Waals surface area contributed by atoms with Gasteiger partial charge in [0.15, 0.2) is 0 Å². The predicted molar refractivity (Wildman–Crippen MR) is 67.2 cm³/mol. The Bertz CT molecular complexity index is 449. The third-order valence-corrected chi connectivity index (χ3v) is 2.95. The lowest BCUT2D eigenvalue weighted by atomic mass is 10.3. The Hall–Kier alpha value is -1.33. The largest absolute Gasteiger partial charge is 0.491 e. The van der Waals surface area contributed by atoms with Crippen molar-refractivity contribution in [3.63, 3.8) is 0 Å². The fourth-order valence-corrected chi connectivity index (χ4v) is 2.01. The second-order valence-electron chi connectivity index (χ2n) is 4.29. The fourth-order valence-electron chi connectivity index (χ4n) is 2.01. The van der Waals surface area contributed by atoms with Gasteiger partial charge in [0.05, 0.1) is 19.8 Å².